The first-order chi connectivity index (χ1) is 12.5. The summed E-state index contributed by atoms with van der Waals surface area (Å²) in [6.45, 7) is 4.51. The van der Waals surface area contributed by atoms with E-state index in [0.29, 0.717) is 36.0 Å². The van der Waals surface area contributed by atoms with E-state index < -0.39 is 6.04 Å². The van der Waals surface area contributed by atoms with Gasteiger partial charge in [-0.15, -0.1) is 0 Å². The van der Waals surface area contributed by atoms with Crippen molar-refractivity contribution in [2.45, 2.75) is 26.3 Å². The first-order valence-electron chi connectivity index (χ1n) is 8.61. The summed E-state index contributed by atoms with van der Waals surface area (Å²) in [5, 5.41) is 5.98. The van der Waals surface area contributed by atoms with Crippen LogP contribution in [0.2, 0.25) is 0 Å². The van der Waals surface area contributed by atoms with Crippen molar-refractivity contribution in [3.05, 3.63) is 48.0 Å². The monoisotopic (exact) mass is 354 g/mol. The van der Waals surface area contributed by atoms with E-state index in [2.05, 4.69) is 10.6 Å². The van der Waals surface area contributed by atoms with Gasteiger partial charge in [0.15, 0.2) is 17.3 Å². The Kier molecular flexibility index (Phi) is 5.41. The fourth-order valence-corrected chi connectivity index (χ4v) is 2.64. The van der Waals surface area contributed by atoms with E-state index in [0.717, 1.165) is 12.1 Å². The van der Waals surface area contributed by atoms with Crippen LogP contribution in [0.4, 0.5) is 11.4 Å². The summed E-state index contributed by atoms with van der Waals surface area (Å²) in [5.74, 6) is 1.15. The molecule has 0 bridgehead atoms. The molecule has 0 aliphatic carbocycles. The molecule has 0 aromatic heterocycles. The normalized spacial score (nSPS) is 14.1. The number of ketones is 1. The average molecular weight is 354 g/mol. The minimum absolute atomic E-state index is 0.0422. The third kappa shape index (κ3) is 4.33. The maximum atomic E-state index is 12.4. The predicted molar refractivity (Wildman–Crippen MR) is 100 cm³/mol. The summed E-state index contributed by atoms with van der Waals surface area (Å²) in [5.41, 5.74) is 1.93. The van der Waals surface area contributed by atoms with Crippen molar-refractivity contribution >= 4 is 23.1 Å². The molecule has 0 saturated heterocycles. The third-order valence-corrected chi connectivity index (χ3v) is 4.06. The van der Waals surface area contributed by atoms with Gasteiger partial charge in [-0.2, -0.15) is 0 Å². The molecule has 1 amide bonds. The van der Waals surface area contributed by atoms with Crippen LogP contribution in [0.15, 0.2) is 42.5 Å². The Morgan fingerprint density at radius 3 is 2.54 bits per heavy atom. The Bertz CT molecular complexity index is 819. The number of fused-ring (bicyclic) bond motifs is 1. The summed E-state index contributed by atoms with van der Waals surface area (Å²) in [6.07, 6.45) is 0.843. The van der Waals surface area contributed by atoms with Gasteiger partial charge in [0.2, 0.25) is 5.91 Å². The number of carbonyl (C=O) groups is 2. The number of hydrogen-bond donors (Lipinski definition) is 2. The first-order valence-corrected chi connectivity index (χ1v) is 8.61. The van der Waals surface area contributed by atoms with Gasteiger partial charge in [0.1, 0.15) is 6.04 Å². The summed E-state index contributed by atoms with van der Waals surface area (Å²) < 4.78 is 11.3. The molecule has 2 aromatic carbocycles. The number of nitrogens with one attached hydrogen (secondary N) is 2. The minimum atomic E-state index is -0.472. The molecular formula is C20H22N2O4. The zero-order chi connectivity index (χ0) is 18.5. The molecule has 1 aliphatic heterocycles. The molecule has 0 fully saturated rings. The Morgan fingerprint density at radius 1 is 1.00 bits per heavy atom. The third-order valence-electron chi connectivity index (χ3n) is 4.06. The first kappa shape index (κ1) is 17.8. The van der Waals surface area contributed by atoms with Gasteiger partial charge < -0.3 is 20.1 Å². The Balaban J connectivity index is 1.65. The lowest BCUT2D eigenvalue weighted by atomic mass is 10.1. The van der Waals surface area contributed by atoms with Crippen molar-refractivity contribution in [1.29, 1.82) is 0 Å². The number of amides is 1. The van der Waals surface area contributed by atoms with Crippen LogP contribution in [0.25, 0.3) is 0 Å². The van der Waals surface area contributed by atoms with E-state index in [1.165, 1.54) is 6.92 Å². The minimum Gasteiger partial charge on any atom is -0.490 e. The molecule has 2 aromatic rings. The van der Waals surface area contributed by atoms with Crippen LogP contribution >= 0.6 is 0 Å². The largest absolute Gasteiger partial charge is 0.490 e. The number of rotatable bonds is 5. The number of carbonyl (C=O) groups excluding carboxylic acids is 2. The van der Waals surface area contributed by atoms with Gasteiger partial charge in [0.25, 0.3) is 0 Å². The molecule has 26 heavy (non-hydrogen) atoms. The number of anilines is 2. The predicted octanol–water partition coefficient (Wildman–Crippen LogP) is 3.49. The van der Waals surface area contributed by atoms with E-state index in [1.807, 2.05) is 18.2 Å². The second-order valence-electron chi connectivity index (χ2n) is 6.20. The van der Waals surface area contributed by atoms with Gasteiger partial charge in [0.05, 0.1) is 13.2 Å². The van der Waals surface area contributed by atoms with Crippen molar-refractivity contribution in [2.24, 2.45) is 0 Å². The van der Waals surface area contributed by atoms with Crippen LogP contribution < -0.4 is 20.1 Å². The summed E-state index contributed by atoms with van der Waals surface area (Å²) in [6, 6.07) is 11.9. The maximum absolute atomic E-state index is 12.4. The van der Waals surface area contributed by atoms with E-state index in [4.69, 9.17) is 9.47 Å². The van der Waals surface area contributed by atoms with Crippen LogP contribution in [0.3, 0.4) is 0 Å². The molecule has 0 saturated carbocycles. The van der Waals surface area contributed by atoms with E-state index in [9.17, 15) is 9.59 Å². The molecule has 0 spiro atoms. The quantitative estimate of drug-likeness (QED) is 0.804. The van der Waals surface area contributed by atoms with Crippen molar-refractivity contribution in [3.8, 4) is 11.5 Å². The molecule has 1 aliphatic rings. The van der Waals surface area contributed by atoms with E-state index >= 15 is 0 Å². The van der Waals surface area contributed by atoms with Crippen molar-refractivity contribution in [3.63, 3.8) is 0 Å². The Labute approximate surface area is 152 Å². The van der Waals surface area contributed by atoms with Gasteiger partial charge in [-0.05, 0) is 38.1 Å². The molecule has 0 radical (unpaired) electrons. The molecule has 1 heterocycles. The zero-order valence-electron chi connectivity index (χ0n) is 14.9. The van der Waals surface area contributed by atoms with Crippen LogP contribution in [-0.2, 0) is 4.79 Å². The Morgan fingerprint density at radius 2 is 1.77 bits per heavy atom. The highest BCUT2D eigenvalue weighted by atomic mass is 16.5. The lowest BCUT2D eigenvalue weighted by Crippen LogP contribution is -2.31. The second kappa shape index (κ2) is 7.91. The van der Waals surface area contributed by atoms with Crippen LogP contribution in [0.5, 0.6) is 11.5 Å². The Hall–Kier alpha value is -3.02. The van der Waals surface area contributed by atoms with Gasteiger partial charge in [-0.25, -0.2) is 0 Å². The highest BCUT2D eigenvalue weighted by molar-refractivity contribution is 5.99. The van der Waals surface area contributed by atoms with Crippen molar-refractivity contribution in [1.82, 2.24) is 0 Å². The van der Waals surface area contributed by atoms with Gasteiger partial charge >= 0.3 is 0 Å². The molecule has 2 N–H and O–H groups in total. The average Bonchev–Trinajstić information content (AvgIpc) is 2.86. The molecule has 6 nitrogen and oxygen atoms in total. The summed E-state index contributed by atoms with van der Waals surface area (Å²) in [4.78, 5) is 23.9. The SMILES string of the molecule is CC(=O)c1cccc(NC(=O)[C@@H](C)Nc2ccc3c(c2)OCCCO3)c1. The number of Topliss-reactive ketones (excluding diaryl/α,β-unsaturated/α-hetero) is 1. The number of hydrogen-bond acceptors (Lipinski definition) is 5. The summed E-state index contributed by atoms with van der Waals surface area (Å²) >= 11 is 0. The molecule has 0 unspecified atom stereocenters. The van der Waals surface area contributed by atoms with Crippen LogP contribution in [-0.4, -0.2) is 30.9 Å². The van der Waals surface area contributed by atoms with Gasteiger partial charge in [-0.3, -0.25) is 9.59 Å². The highest BCUT2D eigenvalue weighted by Crippen LogP contribution is 2.32. The van der Waals surface area contributed by atoms with Gasteiger partial charge in [0, 0.05) is 29.4 Å². The second-order valence-corrected chi connectivity index (χ2v) is 6.20. The van der Waals surface area contributed by atoms with E-state index in [1.54, 1.807) is 31.2 Å². The topological polar surface area (TPSA) is 76.7 Å². The van der Waals surface area contributed by atoms with E-state index in [-0.39, 0.29) is 11.7 Å². The number of benzene rings is 2. The highest BCUT2D eigenvalue weighted by Gasteiger charge is 2.16. The van der Waals surface area contributed by atoms with Crippen molar-refractivity contribution < 1.29 is 19.1 Å². The van der Waals surface area contributed by atoms with Crippen LogP contribution in [0, 0.1) is 0 Å². The lowest BCUT2D eigenvalue weighted by molar-refractivity contribution is -0.116. The summed E-state index contributed by atoms with van der Waals surface area (Å²) in [7, 11) is 0. The molecular weight excluding hydrogens is 332 g/mol. The fraction of sp³-hybridized carbons (Fsp3) is 0.300. The molecule has 3 rings (SSSR count). The smallest absolute Gasteiger partial charge is 0.246 e. The molecule has 1 atom stereocenters. The molecule has 6 heteroatoms. The van der Waals surface area contributed by atoms with Crippen LogP contribution in [0.1, 0.15) is 30.6 Å². The fourth-order valence-electron chi connectivity index (χ4n) is 2.64. The zero-order valence-corrected chi connectivity index (χ0v) is 14.9. The van der Waals surface area contributed by atoms with Gasteiger partial charge in [-0.1, -0.05) is 12.1 Å². The standard InChI is InChI=1S/C20H22N2O4/c1-13(20(24)22-16-6-3-5-15(11-16)14(2)23)21-17-7-8-18-19(12-17)26-10-4-9-25-18/h3,5-8,11-13,21H,4,9-10H2,1-2H3,(H,22,24)/t13-/m1/s1. The number of ether oxygens (including phenoxy) is 2. The van der Waals surface area contributed by atoms with Crippen molar-refractivity contribution in [2.75, 3.05) is 23.8 Å². The lowest BCUT2D eigenvalue weighted by Gasteiger charge is -2.17. The molecule has 136 valence electrons. The maximum Gasteiger partial charge on any atom is 0.246 e.